The van der Waals surface area contributed by atoms with Gasteiger partial charge in [-0.3, -0.25) is 0 Å². The SMILES string of the molecule is NCC(=O)[O-].[Cd].[NH4+]. The fourth-order valence-corrected chi connectivity index (χ4v) is 0. The Balaban J connectivity index is -0.0000000800. The molecular formula is C2H8CdN2O2. The third kappa shape index (κ3) is 22.0. The normalized spacial score (nSPS) is 5.29. The molecule has 0 aliphatic carbocycles. The number of hydrogen-bond donors (Lipinski definition) is 2. The maximum Gasteiger partial charge on any atom is 0.0550 e. The van der Waals surface area contributed by atoms with Gasteiger partial charge in [0.05, 0.1) is 5.97 Å². The van der Waals surface area contributed by atoms with Gasteiger partial charge < -0.3 is 21.8 Å². The Labute approximate surface area is 61.8 Å². The number of carboxylic acid groups (broad SMARTS) is 1. The number of aliphatic carboxylic acids is 1. The number of carbonyl (C=O) groups excluding carboxylic acids is 1. The second kappa shape index (κ2) is 9.58. The fraction of sp³-hybridized carbons (Fsp3) is 0.500. The van der Waals surface area contributed by atoms with E-state index in [0.717, 1.165) is 0 Å². The average Bonchev–Trinajstić information content (AvgIpc) is 1.38. The van der Waals surface area contributed by atoms with Crippen LogP contribution in [0.1, 0.15) is 0 Å². The topological polar surface area (TPSA) is 103 Å². The van der Waals surface area contributed by atoms with E-state index in [1.807, 2.05) is 0 Å². The van der Waals surface area contributed by atoms with E-state index in [-0.39, 0.29) is 40.0 Å². The molecule has 0 aliphatic rings. The van der Waals surface area contributed by atoms with Gasteiger partial charge in [-0.2, -0.15) is 0 Å². The van der Waals surface area contributed by atoms with Crippen molar-refractivity contribution in [3.8, 4) is 0 Å². The van der Waals surface area contributed by atoms with Gasteiger partial charge in [-0.25, -0.2) is 0 Å². The predicted octanol–water partition coefficient (Wildman–Crippen LogP) is -1.93. The molecule has 0 saturated carbocycles. The Hall–Kier alpha value is 0.312. The van der Waals surface area contributed by atoms with Crippen LogP contribution in [0.2, 0.25) is 0 Å². The van der Waals surface area contributed by atoms with E-state index in [2.05, 4.69) is 5.73 Å². The minimum Gasteiger partial charge on any atom is -0.549 e. The van der Waals surface area contributed by atoms with E-state index in [1.165, 1.54) is 0 Å². The van der Waals surface area contributed by atoms with Gasteiger partial charge in [0.15, 0.2) is 0 Å². The summed E-state index contributed by atoms with van der Waals surface area (Å²) in [6, 6.07) is 0. The molecule has 0 atom stereocenters. The quantitative estimate of drug-likeness (QED) is 0.486. The Morgan fingerprint density at radius 1 is 1.71 bits per heavy atom. The zero-order valence-corrected chi connectivity index (χ0v) is 8.34. The van der Waals surface area contributed by atoms with E-state index in [4.69, 9.17) is 9.90 Å². The van der Waals surface area contributed by atoms with Crippen molar-refractivity contribution in [2.24, 2.45) is 5.73 Å². The molecule has 0 aromatic rings. The second-order valence-electron chi connectivity index (χ2n) is 0.576. The van der Waals surface area contributed by atoms with Crippen molar-refractivity contribution in [1.29, 1.82) is 0 Å². The van der Waals surface area contributed by atoms with Crippen LogP contribution in [0, 0.1) is 0 Å². The molecule has 0 aliphatic heterocycles. The summed E-state index contributed by atoms with van der Waals surface area (Å²) in [5.41, 5.74) is 4.51. The first kappa shape index (κ1) is 15.7. The monoisotopic (exact) mass is 206 g/mol. The molecule has 6 N–H and O–H groups in total. The van der Waals surface area contributed by atoms with Crippen LogP contribution in [0.4, 0.5) is 0 Å². The summed E-state index contributed by atoms with van der Waals surface area (Å²) in [5.74, 6) is -1.22. The summed E-state index contributed by atoms with van der Waals surface area (Å²) in [4.78, 5) is 9.13. The van der Waals surface area contributed by atoms with Gasteiger partial charge >= 0.3 is 0 Å². The first-order valence-electron chi connectivity index (χ1n) is 1.17. The summed E-state index contributed by atoms with van der Waals surface area (Å²) in [5, 5.41) is 9.13. The molecule has 40 valence electrons. The van der Waals surface area contributed by atoms with Gasteiger partial charge in [0.1, 0.15) is 0 Å². The maximum absolute atomic E-state index is 9.13. The summed E-state index contributed by atoms with van der Waals surface area (Å²) < 4.78 is 0. The molecule has 0 rings (SSSR count). The van der Waals surface area contributed by atoms with Crippen molar-refractivity contribution >= 4 is 5.97 Å². The molecule has 5 heteroatoms. The van der Waals surface area contributed by atoms with Crippen molar-refractivity contribution in [3.05, 3.63) is 0 Å². The Morgan fingerprint density at radius 3 is 1.86 bits per heavy atom. The van der Waals surface area contributed by atoms with Crippen molar-refractivity contribution in [3.63, 3.8) is 0 Å². The minimum absolute atomic E-state index is 0. The Bertz CT molecular complexity index is 49.0. The number of carbonyl (C=O) groups is 1. The average molecular weight is 205 g/mol. The Kier molecular flexibility index (Phi) is 21.4. The van der Waals surface area contributed by atoms with Crippen LogP contribution in [-0.4, -0.2) is 12.5 Å². The molecule has 0 spiro atoms. The molecule has 0 unspecified atom stereocenters. The van der Waals surface area contributed by atoms with Crippen molar-refractivity contribution in [1.82, 2.24) is 6.15 Å². The maximum atomic E-state index is 9.13. The van der Waals surface area contributed by atoms with Crippen LogP contribution in [0.25, 0.3) is 0 Å². The zero-order valence-electron chi connectivity index (χ0n) is 4.31. The molecule has 0 aromatic heterocycles. The predicted molar refractivity (Wildman–Crippen MR) is 20.0 cm³/mol. The number of nitrogens with two attached hydrogens (primary N) is 1. The first-order chi connectivity index (χ1) is 2.27. The van der Waals surface area contributed by atoms with Gasteiger partial charge in [0, 0.05) is 33.8 Å². The smallest absolute Gasteiger partial charge is 0.0550 e. The molecule has 0 bridgehead atoms. The zero-order chi connectivity index (χ0) is 4.28. The number of hydrogen-bond acceptors (Lipinski definition) is 3. The van der Waals surface area contributed by atoms with Crippen LogP contribution in [0.5, 0.6) is 0 Å². The van der Waals surface area contributed by atoms with Crippen molar-refractivity contribution < 1.29 is 37.2 Å². The molecule has 0 amide bonds. The molecule has 7 heavy (non-hydrogen) atoms. The van der Waals surface area contributed by atoms with Crippen LogP contribution >= 0.6 is 0 Å². The third-order valence-electron chi connectivity index (χ3n) is 0.167. The third-order valence-corrected chi connectivity index (χ3v) is 0.167. The first-order valence-corrected chi connectivity index (χ1v) is 1.17. The van der Waals surface area contributed by atoms with Crippen LogP contribution in [0.3, 0.4) is 0 Å². The van der Waals surface area contributed by atoms with Crippen molar-refractivity contribution in [2.45, 2.75) is 0 Å². The van der Waals surface area contributed by atoms with Crippen LogP contribution in [-0.2, 0) is 32.1 Å². The summed E-state index contributed by atoms with van der Waals surface area (Å²) >= 11 is 0. The summed E-state index contributed by atoms with van der Waals surface area (Å²) in [7, 11) is 0. The van der Waals surface area contributed by atoms with Gasteiger partial charge in [0.25, 0.3) is 0 Å². The van der Waals surface area contributed by atoms with E-state index in [9.17, 15) is 0 Å². The van der Waals surface area contributed by atoms with Gasteiger partial charge in [0.2, 0.25) is 0 Å². The number of rotatable bonds is 1. The van der Waals surface area contributed by atoms with Gasteiger partial charge in [-0.05, 0) is 0 Å². The molecule has 0 fully saturated rings. The van der Waals surface area contributed by atoms with Crippen LogP contribution in [0.15, 0.2) is 0 Å². The van der Waals surface area contributed by atoms with Gasteiger partial charge in [-0.15, -0.1) is 0 Å². The minimum atomic E-state index is -1.22. The number of quaternary nitrogens is 1. The molecule has 0 saturated heterocycles. The number of carboxylic acids is 1. The van der Waals surface area contributed by atoms with E-state index in [1.54, 1.807) is 0 Å². The van der Waals surface area contributed by atoms with E-state index in [0.29, 0.717) is 0 Å². The van der Waals surface area contributed by atoms with E-state index >= 15 is 0 Å². The largest absolute Gasteiger partial charge is 0.549 e. The second-order valence-corrected chi connectivity index (χ2v) is 0.576. The molecule has 0 heterocycles. The molecule has 4 nitrogen and oxygen atoms in total. The Morgan fingerprint density at radius 2 is 1.86 bits per heavy atom. The van der Waals surface area contributed by atoms with Crippen molar-refractivity contribution in [2.75, 3.05) is 6.54 Å². The molecule has 0 radical (unpaired) electrons. The van der Waals surface area contributed by atoms with E-state index < -0.39 is 5.97 Å². The summed E-state index contributed by atoms with van der Waals surface area (Å²) in [6.07, 6.45) is 0. The molecular weight excluding hydrogens is 196 g/mol. The van der Waals surface area contributed by atoms with Gasteiger partial charge in [-0.1, -0.05) is 0 Å². The summed E-state index contributed by atoms with van der Waals surface area (Å²) in [6.45, 7) is -0.389. The van der Waals surface area contributed by atoms with Crippen LogP contribution < -0.4 is 17.0 Å². The molecule has 0 aromatic carbocycles. The standard InChI is InChI=1S/C2H5NO2.Cd.H3N/c3-1-2(4)5;;/h1,3H2,(H,4,5);;1H3. The fourth-order valence-electron chi connectivity index (χ4n) is 0.